The van der Waals surface area contributed by atoms with Gasteiger partial charge < -0.3 is 5.32 Å². The molecule has 6 heteroatoms. The number of nitrogens with zero attached hydrogens (tertiary/aromatic N) is 2. The second-order valence-electron chi connectivity index (χ2n) is 3.59. The summed E-state index contributed by atoms with van der Waals surface area (Å²) < 4.78 is 15.1. The summed E-state index contributed by atoms with van der Waals surface area (Å²) in [6.45, 7) is 1.96. The lowest BCUT2D eigenvalue weighted by Crippen LogP contribution is -2.01. The maximum Gasteiger partial charge on any atom is 0.146 e. The van der Waals surface area contributed by atoms with E-state index in [1.807, 2.05) is 6.92 Å². The molecule has 18 heavy (non-hydrogen) atoms. The molecule has 0 fully saturated rings. The smallest absolute Gasteiger partial charge is 0.146 e. The first-order chi connectivity index (χ1) is 8.58. The molecule has 0 unspecified atom stereocenters. The minimum atomic E-state index is -0.328. The monoisotopic (exact) mass is 373 g/mol. The average molecular weight is 375 g/mol. The standard InChI is InChI=1S/C12H10Br2FN3/c1-2-11-17-10(14)6-12(18-11)16-9-5-7(13)3-4-8(9)15/h3-6H,2H2,1H3,(H,16,17,18). The van der Waals surface area contributed by atoms with Gasteiger partial charge in [-0.2, -0.15) is 0 Å². The Hall–Kier alpha value is -1.01. The molecule has 1 aromatic heterocycles. The summed E-state index contributed by atoms with van der Waals surface area (Å²) in [4.78, 5) is 8.48. The third-order valence-corrected chi connectivity index (χ3v) is 3.15. The van der Waals surface area contributed by atoms with Crippen LogP contribution in [0.3, 0.4) is 0 Å². The van der Waals surface area contributed by atoms with Gasteiger partial charge in [0, 0.05) is 17.0 Å². The van der Waals surface area contributed by atoms with Gasteiger partial charge in [-0.05, 0) is 34.1 Å². The van der Waals surface area contributed by atoms with E-state index in [9.17, 15) is 4.39 Å². The molecule has 0 aliphatic rings. The van der Waals surface area contributed by atoms with Gasteiger partial charge in [-0.3, -0.25) is 0 Å². The molecule has 0 aliphatic heterocycles. The molecule has 0 saturated carbocycles. The molecule has 0 radical (unpaired) electrons. The normalized spacial score (nSPS) is 10.4. The van der Waals surface area contributed by atoms with E-state index in [0.717, 1.165) is 10.9 Å². The van der Waals surface area contributed by atoms with Crippen LogP contribution in [-0.4, -0.2) is 9.97 Å². The fraction of sp³-hybridized carbons (Fsp3) is 0.167. The van der Waals surface area contributed by atoms with Crippen LogP contribution in [0, 0.1) is 5.82 Å². The van der Waals surface area contributed by atoms with Crippen molar-refractivity contribution in [3.8, 4) is 0 Å². The molecule has 94 valence electrons. The number of anilines is 2. The fourth-order valence-corrected chi connectivity index (χ4v) is 2.20. The van der Waals surface area contributed by atoms with Gasteiger partial charge in [0.05, 0.1) is 5.69 Å². The molecule has 1 heterocycles. The highest BCUT2D eigenvalue weighted by Gasteiger charge is 2.06. The lowest BCUT2D eigenvalue weighted by Gasteiger charge is -2.08. The van der Waals surface area contributed by atoms with Crippen molar-refractivity contribution in [2.24, 2.45) is 0 Å². The Labute approximate surface area is 121 Å². The summed E-state index contributed by atoms with van der Waals surface area (Å²) in [6, 6.07) is 6.41. The summed E-state index contributed by atoms with van der Waals surface area (Å²) in [6.07, 6.45) is 0.717. The van der Waals surface area contributed by atoms with Gasteiger partial charge in [0.1, 0.15) is 22.1 Å². The van der Waals surface area contributed by atoms with Gasteiger partial charge in [-0.1, -0.05) is 22.9 Å². The zero-order chi connectivity index (χ0) is 13.1. The van der Waals surface area contributed by atoms with Gasteiger partial charge in [-0.25, -0.2) is 14.4 Å². The largest absolute Gasteiger partial charge is 0.338 e. The van der Waals surface area contributed by atoms with Crippen LogP contribution >= 0.6 is 31.9 Å². The van der Waals surface area contributed by atoms with Crippen LogP contribution in [-0.2, 0) is 6.42 Å². The Bertz CT molecular complexity index is 575. The van der Waals surface area contributed by atoms with Crippen LogP contribution in [0.2, 0.25) is 0 Å². The first kappa shape index (κ1) is 13.4. The molecule has 1 N–H and O–H groups in total. The maximum absolute atomic E-state index is 13.6. The number of aryl methyl sites for hydroxylation is 1. The van der Waals surface area contributed by atoms with E-state index >= 15 is 0 Å². The number of hydrogen-bond donors (Lipinski definition) is 1. The van der Waals surface area contributed by atoms with Crippen molar-refractivity contribution in [1.82, 2.24) is 9.97 Å². The number of nitrogens with one attached hydrogen (secondary N) is 1. The molecule has 0 spiro atoms. The van der Waals surface area contributed by atoms with Crippen molar-refractivity contribution in [2.75, 3.05) is 5.32 Å². The Morgan fingerprint density at radius 2 is 2.00 bits per heavy atom. The minimum Gasteiger partial charge on any atom is -0.338 e. The Morgan fingerprint density at radius 1 is 1.22 bits per heavy atom. The number of rotatable bonds is 3. The number of halogens is 3. The Morgan fingerprint density at radius 3 is 2.72 bits per heavy atom. The summed E-state index contributed by atoms with van der Waals surface area (Å²) in [7, 11) is 0. The lowest BCUT2D eigenvalue weighted by atomic mass is 10.3. The predicted molar refractivity (Wildman–Crippen MR) is 76.5 cm³/mol. The molecule has 2 aromatic rings. The van der Waals surface area contributed by atoms with Crippen molar-refractivity contribution in [3.05, 3.63) is 45.0 Å². The van der Waals surface area contributed by atoms with Crippen LogP contribution in [0.15, 0.2) is 33.3 Å². The third-order valence-electron chi connectivity index (χ3n) is 2.25. The van der Waals surface area contributed by atoms with E-state index in [1.165, 1.54) is 6.07 Å². The van der Waals surface area contributed by atoms with E-state index in [2.05, 4.69) is 47.1 Å². The second kappa shape index (κ2) is 5.75. The molecule has 3 nitrogen and oxygen atoms in total. The van der Waals surface area contributed by atoms with Crippen LogP contribution in [0.5, 0.6) is 0 Å². The van der Waals surface area contributed by atoms with Gasteiger partial charge in [0.2, 0.25) is 0 Å². The van der Waals surface area contributed by atoms with Crippen LogP contribution in [0.1, 0.15) is 12.7 Å². The SMILES string of the molecule is CCc1nc(Br)cc(Nc2cc(Br)ccc2F)n1. The topological polar surface area (TPSA) is 37.8 Å². The molecule has 0 bridgehead atoms. The zero-order valence-corrected chi connectivity index (χ0v) is 12.7. The van der Waals surface area contributed by atoms with Crippen molar-refractivity contribution >= 4 is 43.4 Å². The average Bonchev–Trinajstić information content (AvgIpc) is 2.33. The molecule has 0 amide bonds. The first-order valence-corrected chi connectivity index (χ1v) is 6.92. The summed E-state index contributed by atoms with van der Waals surface area (Å²) >= 11 is 6.61. The predicted octanol–water partition coefficient (Wildman–Crippen LogP) is 4.45. The van der Waals surface area contributed by atoms with Crippen LogP contribution < -0.4 is 5.32 Å². The molecule has 0 aliphatic carbocycles. The molecule has 2 rings (SSSR count). The van der Waals surface area contributed by atoms with E-state index in [-0.39, 0.29) is 5.82 Å². The Balaban J connectivity index is 2.33. The molecular weight excluding hydrogens is 365 g/mol. The fourth-order valence-electron chi connectivity index (χ4n) is 1.42. The summed E-state index contributed by atoms with van der Waals surface area (Å²) in [5.41, 5.74) is 0.372. The van der Waals surface area contributed by atoms with Crippen LogP contribution in [0.25, 0.3) is 0 Å². The number of hydrogen-bond acceptors (Lipinski definition) is 3. The van der Waals surface area contributed by atoms with E-state index in [4.69, 9.17) is 0 Å². The molecular formula is C12H10Br2FN3. The highest BCUT2D eigenvalue weighted by Crippen LogP contribution is 2.24. The highest BCUT2D eigenvalue weighted by atomic mass is 79.9. The van der Waals surface area contributed by atoms with E-state index in [1.54, 1.807) is 18.2 Å². The molecule has 1 aromatic carbocycles. The molecule has 0 atom stereocenters. The molecule has 0 saturated heterocycles. The van der Waals surface area contributed by atoms with Gasteiger partial charge in [0.15, 0.2) is 0 Å². The first-order valence-electron chi connectivity index (χ1n) is 5.34. The van der Waals surface area contributed by atoms with Gasteiger partial charge >= 0.3 is 0 Å². The van der Waals surface area contributed by atoms with Crippen molar-refractivity contribution in [2.45, 2.75) is 13.3 Å². The Kier molecular flexibility index (Phi) is 4.29. The van der Waals surface area contributed by atoms with Gasteiger partial charge in [0.25, 0.3) is 0 Å². The maximum atomic E-state index is 13.6. The van der Waals surface area contributed by atoms with Crippen molar-refractivity contribution in [3.63, 3.8) is 0 Å². The quantitative estimate of drug-likeness (QED) is 0.806. The third kappa shape index (κ3) is 3.26. The summed E-state index contributed by atoms with van der Waals surface area (Å²) in [5, 5.41) is 2.94. The second-order valence-corrected chi connectivity index (χ2v) is 5.32. The van der Waals surface area contributed by atoms with E-state index in [0.29, 0.717) is 21.9 Å². The number of benzene rings is 1. The van der Waals surface area contributed by atoms with E-state index < -0.39 is 0 Å². The zero-order valence-electron chi connectivity index (χ0n) is 9.54. The van der Waals surface area contributed by atoms with Crippen LogP contribution in [0.4, 0.5) is 15.9 Å². The van der Waals surface area contributed by atoms with Gasteiger partial charge in [-0.15, -0.1) is 0 Å². The van der Waals surface area contributed by atoms with Crippen molar-refractivity contribution < 1.29 is 4.39 Å². The van der Waals surface area contributed by atoms with Crippen molar-refractivity contribution in [1.29, 1.82) is 0 Å². The highest BCUT2D eigenvalue weighted by molar-refractivity contribution is 9.10. The lowest BCUT2D eigenvalue weighted by molar-refractivity contribution is 0.631. The summed E-state index contributed by atoms with van der Waals surface area (Å²) in [5.74, 6) is 0.930. The number of aromatic nitrogens is 2. The minimum absolute atomic E-state index is 0.328.